The number of nitrogens with zero attached hydrogens (tertiary/aromatic N) is 5. The first-order chi connectivity index (χ1) is 12.6. The van der Waals surface area contributed by atoms with Crippen LogP contribution in [0.1, 0.15) is 40.5 Å². The second kappa shape index (κ2) is 6.68. The molecule has 1 aliphatic carbocycles. The SMILES string of the molecule is C=C(NC(=O)c1cc(Cl)cc(C2CC2)c1)c1ncnn1-c1ncccn1. The Bertz CT molecular complexity index is 980. The third-order valence-electron chi connectivity index (χ3n) is 4.05. The third kappa shape index (κ3) is 3.34. The lowest BCUT2D eigenvalue weighted by molar-refractivity contribution is 0.0973. The molecule has 1 saturated carbocycles. The zero-order valence-corrected chi connectivity index (χ0v) is 14.5. The summed E-state index contributed by atoms with van der Waals surface area (Å²) in [6.07, 6.45) is 6.82. The fourth-order valence-electron chi connectivity index (χ4n) is 2.66. The fourth-order valence-corrected chi connectivity index (χ4v) is 2.90. The average molecular weight is 367 g/mol. The van der Waals surface area contributed by atoms with Crippen molar-refractivity contribution in [2.45, 2.75) is 18.8 Å². The van der Waals surface area contributed by atoms with Crippen molar-refractivity contribution in [1.29, 1.82) is 0 Å². The molecular formula is C18H15ClN6O. The van der Waals surface area contributed by atoms with Crippen LogP contribution < -0.4 is 5.32 Å². The van der Waals surface area contributed by atoms with E-state index >= 15 is 0 Å². The first kappa shape index (κ1) is 16.4. The Morgan fingerprint density at radius 1 is 1.19 bits per heavy atom. The summed E-state index contributed by atoms with van der Waals surface area (Å²) in [5, 5.41) is 7.39. The van der Waals surface area contributed by atoms with Gasteiger partial charge in [-0.2, -0.15) is 9.78 Å². The van der Waals surface area contributed by atoms with E-state index in [-0.39, 0.29) is 5.91 Å². The van der Waals surface area contributed by atoms with Gasteiger partial charge in [-0.25, -0.2) is 15.0 Å². The highest BCUT2D eigenvalue weighted by molar-refractivity contribution is 6.31. The van der Waals surface area contributed by atoms with E-state index in [4.69, 9.17) is 11.6 Å². The van der Waals surface area contributed by atoms with Gasteiger partial charge in [0.25, 0.3) is 11.9 Å². The fraction of sp³-hybridized carbons (Fsp3) is 0.167. The van der Waals surface area contributed by atoms with Gasteiger partial charge in [-0.15, -0.1) is 0 Å². The first-order valence-electron chi connectivity index (χ1n) is 8.10. The van der Waals surface area contributed by atoms with Crippen molar-refractivity contribution in [2.24, 2.45) is 0 Å². The van der Waals surface area contributed by atoms with Crippen LogP contribution in [0.4, 0.5) is 0 Å². The van der Waals surface area contributed by atoms with Crippen LogP contribution in [0.3, 0.4) is 0 Å². The van der Waals surface area contributed by atoms with Crippen molar-refractivity contribution in [1.82, 2.24) is 30.0 Å². The predicted octanol–water partition coefficient (Wildman–Crippen LogP) is 2.99. The van der Waals surface area contributed by atoms with Crippen LogP contribution >= 0.6 is 11.6 Å². The van der Waals surface area contributed by atoms with Crippen molar-refractivity contribution in [3.63, 3.8) is 0 Å². The largest absolute Gasteiger partial charge is 0.319 e. The molecule has 0 radical (unpaired) electrons. The Labute approximate surface area is 154 Å². The van der Waals surface area contributed by atoms with Gasteiger partial charge in [0.15, 0.2) is 5.82 Å². The van der Waals surface area contributed by atoms with Gasteiger partial charge < -0.3 is 5.32 Å². The second-order valence-corrected chi connectivity index (χ2v) is 6.46. The molecule has 0 unspecified atom stereocenters. The van der Waals surface area contributed by atoms with Gasteiger partial charge in [0.1, 0.15) is 6.33 Å². The van der Waals surface area contributed by atoms with E-state index < -0.39 is 0 Å². The molecule has 1 N–H and O–H groups in total. The molecule has 1 fully saturated rings. The third-order valence-corrected chi connectivity index (χ3v) is 4.27. The molecule has 2 aromatic heterocycles. The molecule has 1 aliphatic rings. The summed E-state index contributed by atoms with van der Waals surface area (Å²) in [5.74, 6) is 0.896. The maximum atomic E-state index is 12.6. The summed E-state index contributed by atoms with van der Waals surface area (Å²) in [7, 11) is 0. The standard InChI is InChI=1S/C18H15ClN6O/c1-11(16-22-10-23-25(16)18-20-5-2-6-21-18)24-17(26)14-7-13(12-3-4-12)8-15(19)9-14/h2,5-10,12H,1,3-4H2,(H,24,26). The predicted molar refractivity (Wildman–Crippen MR) is 96.9 cm³/mol. The lowest BCUT2D eigenvalue weighted by Crippen LogP contribution is -2.23. The number of carbonyl (C=O) groups excluding carboxylic acids is 1. The summed E-state index contributed by atoms with van der Waals surface area (Å²) in [6, 6.07) is 7.12. The number of hydrogen-bond acceptors (Lipinski definition) is 5. The van der Waals surface area contributed by atoms with Crippen molar-refractivity contribution in [2.75, 3.05) is 0 Å². The lowest BCUT2D eigenvalue weighted by atomic mass is 10.1. The molecule has 7 nitrogen and oxygen atoms in total. The molecule has 130 valence electrons. The molecule has 3 aromatic rings. The van der Waals surface area contributed by atoms with Gasteiger partial charge in [-0.3, -0.25) is 4.79 Å². The molecule has 26 heavy (non-hydrogen) atoms. The minimum atomic E-state index is -0.303. The summed E-state index contributed by atoms with van der Waals surface area (Å²) in [6.45, 7) is 3.90. The normalized spacial score (nSPS) is 13.4. The van der Waals surface area contributed by atoms with E-state index in [1.807, 2.05) is 12.1 Å². The average Bonchev–Trinajstić information content (AvgIpc) is 3.38. The van der Waals surface area contributed by atoms with Crippen molar-refractivity contribution >= 4 is 23.2 Å². The number of amides is 1. The van der Waals surface area contributed by atoms with Gasteiger partial charge >= 0.3 is 0 Å². The van der Waals surface area contributed by atoms with Gasteiger partial charge in [0, 0.05) is 23.0 Å². The molecule has 1 aromatic carbocycles. The number of nitrogens with one attached hydrogen (secondary N) is 1. The molecule has 0 atom stereocenters. The maximum absolute atomic E-state index is 12.6. The zero-order chi connectivity index (χ0) is 18.1. The minimum Gasteiger partial charge on any atom is -0.319 e. The van der Waals surface area contributed by atoms with E-state index in [9.17, 15) is 4.79 Å². The highest BCUT2D eigenvalue weighted by Crippen LogP contribution is 2.41. The van der Waals surface area contributed by atoms with E-state index in [1.54, 1.807) is 24.5 Å². The van der Waals surface area contributed by atoms with Crippen LogP contribution in [-0.4, -0.2) is 30.6 Å². The van der Waals surface area contributed by atoms with E-state index in [1.165, 1.54) is 11.0 Å². The maximum Gasteiger partial charge on any atom is 0.255 e. The summed E-state index contributed by atoms with van der Waals surface area (Å²) in [4.78, 5) is 25.0. The van der Waals surface area contributed by atoms with E-state index in [0.717, 1.165) is 18.4 Å². The molecule has 4 rings (SSSR count). The van der Waals surface area contributed by atoms with Crippen LogP contribution in [0, 0.1) is 0 Å². The van der Waals surface area contributed by atoms with Crippen LogP contribution in [0.25, 0.3) is 11.6 Å². The Balaban J connectivity index is 1.56. The van der Waals surface area contributed by atoms with Crippen LogP contribution in [0.15, 0.2) is 49.6 Å². The molecule has 0 aliphatic heterocycles. The van der Waals surface area contributed by atoms with Crippen molar-refractivity contribution < 1.29 is 4.79 Å². The highest BCUT2D eigenvalue weighted by Gasteiger charge is 2.25. The van der Waals surface area contributed by atoms with Crippen LogP contribution in [0.5, 0.6) is 0 Å². The highest BCUT2D eigenvalue weighted by atomic mass is 35.5. The molecule has 0 saturated heterocycles. The van der Waals surface area contributed by atoms with E-state index in [2.05, 4.69) is 31.9 Å². The number of rotatable bonds is 5. The lowest BCUT2D eigenvalue weighted by Gasteiger charge is -2.10. The number of hydrogen-bond donors (Lipinski definition) is 1. The number of halogens is 1. The van der Waals surface area contributed by atoms with Gasteiger partial charge in [0.2, 0.25) is 0 Å². The Morgan fingerprint density at radius 2 is 1.96 bits per heavy atom. The molecule has 1 amide bonds. The summed E-state index contributed by atoms with van der Waals surface area (Å²) < 4.78 is 1.41. The first-order valence-corrected chi connectivity index (χ1v) is 8.48. The molecule has 0 spiro atoms. The van der Waals surface area contributed by atoms with Crippen LogP contribution in [-0.2, 0) is 0 Å². The van der Waals surface area contributed by atoms with E-state index in [0.29, 0.717) is 34.0 Å². The van der Waals surface area contributed by atoms with Crippen LogP contribution in [0.2, 0.25) is 5.02 Å². The topological polar surface area (TPSA) is 85.6 Å². The molecule has 2 heterocycles. The van der Waals surface area contributed by atoms with Crippen molar-refractivity contribution in [3.8, 4) is 5.95 Å². The Morgan fingerprint density at radius 3 is 2.69 bits per heavy atom. The number of benzene rings is 1. The molecule has 8 heteroatoms. The number of carbonyl (C=O) groups is 1. The quantitative estimate of drug-likeness (QED) is 0.750. The van der Waals surface area contributed by atoms with Crippen molar-refractivity contribution in [3.05, 3.63) is 71.5 Å². The second-order valence-electron chi connectivity index (χ2n) is 6.02. The number of aromatic nitrogens is 5. The monoisotopic (exact) mass is 366 g/mol. The van der Waals surface area contributed by atoms with Gasteiger partial charge in [0.05, 0.1) is 5.70 Å². The molecule has 0 bridgehead atoms. The molecular weight excluding hydrogens is 352 g/mol. The Hall–Kier alpha value is -3.06. The summed E-state index contributed by atoms with van der Waals surface area (Å²) >= 11 is 6.16. The zero-order valence-electron chi connectivity index (χ0n) is 13.8. The van der Waals surface area contributed by atoms with Gasteiger partial charge in [-0.1, -0.05) is 18.2 Å². The smallest absolute Gasteiger partial charge is 0.255 e. The van der Waals surface area contributed by atoms with Gasteiger partial charge in [-0.05, 0) is 48.6 Å². The Kier molecular flexibility index (Phi) is 4.22. The summed E-state index contributed by atoms with van der Waals surface area (Å²) in [5.41, 5.74) is 1.88. The minimum absolute atomic E-state index is 0.299.